The minimum atomic E-state index is -4.66. The molecule has 44 heavy (non-hydrogen) atoms. The molecule has 10 nitrogen and oxygen atoms in total. The van der Waals surface area contributed by atoms with E-state index in [9.17, 15) is 32.3 Å². The van der Waals surface area contributed by atoms with Crippen molar-refractivity contribution in [2.75, 3.05) is 25.6 Å². The third kappa shape index (κ3) is 7.69. The van der Waals surface area contributed by atoms with Gasteiger partial charge in [-0.2, -0.15) is 13.2 Å². The lowest BCUT2D eigenvalue weighted by Gasteiger charge is -2.16. The number of aromatic carboxylic acids is 1. The lowest BCUT2D eigenvalue weighted by molar-refractivity contribution is -0.137. The van der Waals surface area contributed by atoms with Crippen LogP contribution in [0.25, 0.3) is 6.08 Å². The summed E-state index contributed by atoms with van der Waals surface area (Å²) in [4.78, 5) is 50.0. The van der Waals surface area contributed by atoms with E-state index in [-0.39, 0.29) is 28.5 Å². The number of thioether (sulfide) groups is 1. The van der Waals surface area contributed by atoms with Crippen LogP contribution < -0.4 is 19.5 Å². The molecule has 1 saturated heterocycles. The van der Waals surface area contributed by atoms with Crippen LogP contribution in [0.1, 0.15) is 34.0 Å². The number of carboxylic acids is 1. The molecule has 0 radical (unpaired) electrons. The Morgan fingerprint density at radius 2 is 1.68 bits per heavy atom. The predicted molar refractivity (Wildman–Crippen MR) is 155 cm³/mol. The van der Waals surface area contributed by atoms with Gasteiger partial charge in [-0.25, -0.2) is 4.79 Å². The van der Waals surface area contributed by atoms with Gasteiger partial charge in [-0.1, -0.05) is 18.2 Å². The molecule has 1 heterocycles. The van der Waals surface area contributed by atoms with E-state index >= 15 is 0 Å². The van der Waals surface area contributed by atoms with Gasteiger partial charge < -0.3 is 24.6 Å². The summed E-state index contributed by atoms with van der Waals surface area (Å²) in [5.74, 6) is -1.98. The molecule has 14 heteroatoms. The van der Waals surface area contributed by atoms with Crippen molar-refractivity contribution in [3.8, 4) is 17.2 Å². The van der Waals surface area contributed by atoms with Crippen LogP contribution in [-0.2, 0) is 22.4 Å². The molecule has 0 unspecified atom stereocenters. The number of benzene rings is 3. The van der Waals surface area contributed by atoms with Gasteiger partial charge in [-0.15, -0.1) is 0 Å². The SMILES string of the molecule is CCOc1cc(/C=C2\SC(=O)N(CC(=O)Nc3cc(C(F)(F)F)ccc3OC)C2=O)ccc1OCc1ccc(C(=O)O)cc1. The van der Waals surface area contributed by atoms with Crippen LogP contribution in [0.4, 0.5) is 23.7 Å². The number of methoxy groups -OCH3 is 1. The van der Waals surface area contributed by atoms with Gasteiger partial charge in [-0.3, -0.25) is 19.3 Å². The van der Waals surface area contributed by atoms with E-state index in [0.29, 0.717) is 46.4 Å². The number of nitrogens with zero attached hydrogens (tertiary/aromatic N) is 1. The van der Waals surface area contributed by atoms with Crippen molar-refractivity contribution in [3.63, 3.8) is 0 Å². The summed E-state index contributed by atoms with van der Waals surface area (Å²) >= 11 is 0.604. The van der Waals surface area contributed by atoms with E-state index < -0.39 is 41.3 Å². The van der Waals surface area contributed by atoms with Crippen LogP contribution in [0.2, 0.25) is 0 Å². The highest BCUT2D eigenvalue weighted by Crippen LogP contribution is 2.37. The second-order valence-electron chi connectivity index (χ2n) is 9.16. The number of amides is 3. The van der Waals surface area contributed by atoms with Gasteiger partial charge in [0.15, 0.2) is 11.5 Å². The summed E-state index contributed by atoms with van der Waals surface area (Å²) in [6.45, 7) is 1.47. The normalized spacial score (nSPS) is 14.1. The van der Waals surface area contributed by atoms with E-state index in [1.807, 2.05) is 0 Å². The zero-order valence-electron chi connectivity index (χ0n) is 23.3. The van der Waals surface area contributed by atoms with E-state index in [4.69, 9.17) is 19.3 Å². The van der Waals surface area contributed by atoms with Crippen LogP contribution in [0, 0.1) is 0 Å². The molecule has 2 N–H and O–H groups in total. The summed E-state index contributed by atoms with van der Waals surface area (Å²) in [6.07, 6.45) is -3.22. The highest BCUT2D eigenvalue weighted by Gasteiger charge is 2.37. The van der Waals surface area contributed by atoms with Crippen molar-refractivity contribution in [2.45, 2.75) is 19.7 Å². The molecule has 0 spiro atoms. The second kappa shape index (κ2) is 13.5. The van der Waals surface area contributed by atoms with Crippen LogP contribution in [0.15, 0.2) is 65.6 Å². The van der Waals surface area contributed by atoms with Crippen molar-refractivity contribution < 1.29 is 51.7 Å². The molecular formula is C30H25F3N2O8S. The zero-order valence-corrected chi connectivity index (χ0v) is 24.1. The Labute approximate surface area is 253 Å². The van der Waals surface area contributed by atoms with Gasteiger partial charge in [0.25, 0.3) is 11.1 Å². The molecule has 1 fully saturated rings. The minimum Gasteiger partial charge on any atom is -0.495 e. The maximum absolute atomic E-state index is 13.1. The standard InChI is InChI=1S/C30H25F3N2O8S/c1-3-42-24-12-18(6-10-23(24)43-16-17-4-7-19(8-5-17)28(38)39)13-25-27(37)35(29(40)44-25)15-26(36)34-21-14-20(30(31,32)33)9-11-22(21)41-2/h4-14H,3,15-16H2,1-2H3,(H,34,36)(H,38,39)/b25-13-. The van der Waals surface area contributed by atoms with Gasteiger partial charge in [-0.05, 0) is 78.4 Å². The molecule has 0 saturated carbocycles. The molecule has 0 aromatic heterocycles. The van der Waals surface area contributed by atoms with Gasteiger partial charge in [0, 0.05) is 0 Å². The molecule has 1 aliphatic rings. The Balaban J connectivity index is 1.45. The van der Waals surface area contributed by atoms with Gasteiger partial charge >= 0.3 is 12.1 Å². The Morgan fingerprint density at radius 3 is 2.32 bits per heavy atom. The largest absolute Gasteiger partial charge is 0.495 e. The number of carbonyl (C=O) groups is 4. The highest BCUT2D eigenvalue weighted by atomic mass is 32.2. The monoisotopic (exact) mass is 630 g/mol. The van der Waals surface area contributed by atoms with Crippen LogP contribution >= 0.6 is 11.8 Å². The summed E-state index contributed by atoms with van der Waals surface area (Å²) < 4.78 is 55.9. The van der Waals surface area contributed by atoms with Gasteiger partial charge in [0.2, 0.25) is 5.91 Å². The van der Waals surface area contributed by atoms with Crippen LogP contribution in [-0.4, -0.2) is 53.3 Å². The minimum absolute atomic E-state index is 0.0223. The number of carboxylic acid groups (broad SMARTS) is 1. The Morgan fingerprint density at radius 1 is 0.977 bits per heavy atom. The lowest BCUT2D eigenvalue weighted by Crippen LogP contribution is -2.36. The Kier molecular flexibility index (Phi) is 9.83. The predicted octanol–water partition coefficient (Wildman–Crippen LogP) is 6.06. The zero-order chi connectivity index (χ0) is 32.0. The third-order valence-corrected chi connectivity index (χ3v) is 7.04. The first-order chi connectivity index (χ1) is 20.9. The van der Waals surface area contributed by atoms with E-state index in [0.717, 1.165) is 17.7 Å². The number of halogens is 3. The summed E-state index contributed by atoms with van der Waals surface area (Å²) in [5, 5.41) is 10.6. The number of nitrogens with one attached hydrogen (secondary N) is 1. The number of carbonyl (C=O) groups excluding carboxylic acids is 3. The molecule has 0 aliphatic carbocycles. The molecule has 3 amide bonds. The fourth-order valence-electron chi connectivity index (χ4n) is 4.01. The Hall–Kier alpha value is -4.98. The average molecular weight is 631 g/mol. The van der Waals surface area contributed by atoms with Gasteiger partial charge in [0.1, 0.15) is 18.9 Å². The average Bonchev–Trinajstić information content (AvgIpc) is 3.23. The van der Waals surface area contributed by atoms with Crippen LogP contribution in [0.5, 0.6) is 17.2 Å². The smallest absolute Gasteiger partial charge is 0.416 e. The maximum Gasteiger partial charge on any atom is 0.416 e. The first-order valence-corrected chi connectivity index (χ1v) is 13.7. The van der Waals surface area contributed by atoms with Gasteiger partial charge in [0.05, 0.1) is 35.4 Å². The fourth-order valence-corrected chi connectivity index (χ4v) is 4.85. The van der Waals surface area contributed by atoms with Crippen molar-refractivity contribution in [1.29, 1.82) is 0 Å². The summed E-state index contributed by atoms with van der Waals surface area (Å²) in [7, 11) is 1.22. The molecule has 3 aromatic rings. The number of anilines is 1. The maximum atomic E-state index is 13.1. The molecule has 0 bridgehead atoms. The fraction of sp³-hybridized carbons (Fsp3) is 0.200. The third-order valence-electron chi connectivity index (χ3n) is 6.14. The van der Waals surface area contributed by atoms with Crippen molar-refractivity contribution in [2.24, 2.45) is 0 Å². The number of alkyl halides is 3. The van der Waals surface area contributed by atoms with E-state index in [1.165, 1.54) is 25.3 Å². The summed E-state index contributed by atoms with van der Waals surface area (Å²) in [5.41, 5.74) is 0.0907. The molecule has 4 rings (SSSR count). The molecular weight excluding hydrogens is 605 g/mol. The number of hydrogen-bond donors (Lipinski definition) is 2. The van der Waals surface area contributed by atoms with E-state index in [2.05, 4.69) is 5.32 Å². The highest BCUT2D eigenvalue weighted by molar-refractivity contribution is 8.18. The number of hydrogen-bond acceptors (Lipinski definition) is 8. The topological polar surface area (TPSA) is 131 Å². The summed E-state index contributed by atoms with van der Waals surface area (Å²) in [6, 6.07) is 13.6. The van der Waals surface area contributed by atoms with Crippen molar-refractivity contribution >= 4 is 46.5 Å². The first-order valence-electron chi connectivity index (χ1n) is 12.9. The molecule has 0 atom stereocenters. The molecule has 1 aliphatic heterocycles. The second-order valence-corrected chi connectivity index (χ2v) is 10.2. The van der Waals surface area contributed by atoms with Crippen molar-refractivity contribution in [1.82, 2.24) is 4.90 Å². The quantitative estimate of drug-likeness (QED) is 0.243. The first kappa shape index (κ1) is 31.9. The molecule has 3 aromatic carbocycles. The Bertz CT molecular complexity index is 1620. The van der Waals surface area contributed by atoms with E-state index in [1.54, 1.807) is 37.3 Å². The molecule has 230 valence electrons. The number of imide groups is 1. The van der Waals surface area contributed by atoms with Crippen molar-refractivity contribution in [3.05, 3.63) is 87.8 Å². The number of rotatable bonds is 11. The lowest BCUT2D eigenvalue weighted by atomic mass is 10.1. The van der Waals surface area contributed by atoms with Crippen LogP contribution in [0.3, 0.4) is 0 Å². The number of ether oxygens (including phenoxy) is 3.